The normalized spacial score (nSPS) is 13.6. The fraction of sp³-hybridized carbons (Fsp3) is 0.409. The molecule has 7 nitrogen and oxygen atoms in total. The van der Waals surface area contributed by atoms with Crippen LogP contribution < -0.4 is 5.32 Å². The standard InChI is InChI=1S/C22H28N2O5/c1-13(14(2)20(26)27)19(25)23-17(21(28)29-22(3,4)5)11-15-12-24(6)18-10-8-7-9-16(15)18/h7-10,12,17H,11H2,1-6H3,(H,23,25)(H,26,27)/b14-13+/t17-/m1/s1. The first-order chi connectivity index (χ1) is 13.4. The third-order valence-electron chi connectivity index (χ3n) is 4.62. The SMILES string of the molecule is C/C(C(=O)O)=C(/C)C(=O)N[C@H](Cc1cn(C)c2ccccc12)C(=O)OC(C)(C)C. The average Bonchev–Trinajstić information content (AvgIpc) is 2.94. The van der Waals surface area contributed by atoms with Gasteiger partial charge in [0.2, 0.25) is 5.91 Å². The number of rotatable bonds is 6. The van der Waals surface area contributed by atoms with E-state index >= 15 is 0 Å². The van der Waals surface area contributed by atoms with Gasteiger partial charge in [-0.25, -0.2) is 9.59 Å². The topological polar surface area (TPSA) is 97.6 Å². The first-order valence-electron chi connectivity index (χ1n) is 9.38. The Bertz CT molecular complexity index is 979. The van der Waals surface area contributed by atoms with Crippen molar-refractivity contribution in [3.05, 3.63) is 47.2 Å². The lowest BCUT2D eigenvalue weighted by Crippen LogP contribution is -2.46. The molecule has 0 saturated carbocycles. The number of esters is 1. The molecule has 0 aliphatic carbocycles. The lowest BCUT2D eigenvalue weighted by molar-refractivity contribution is -0.158. The van der Waals surface area contributed by atoms with Crippen LogP contribution in [0.25, 0.3) is 10.9 Å². The van der Waals surface area contributed by atoms with E-state index in [0.717, 1.165) is 16.5 Å². The van der Waals surface area contributed by atoms with E-state index in [2.05, 4.69) is 5.32 Å². The lowest BCUT2D eigenvalue weighted by atomic mass is 10.0. The second-order valence-electron chi connectivity index (χ2n) is 8.10. The minimum atomic E-state index is -1.18. The molecule has 0 aliphatic rings. The molecule has 1 aromatic carbocycles. The van der Waals surface area contributed by atoms with Crippen LogP contribution in [0.15, 0.2) is 41.6 Å². The highest BCUT2D eigenvalue weighted by atomic mass is 16.6. The van der Waals surface area contributed by atoms with E-state index in [1.165, 1.54) is 13.8 Å². The Morgan fingerprint density at radius 1 is 1.14 bits per heavy atom. The van der Waals surface area contributed by atoms with Crippen molar-refractivity contribution in [1.82, 2.24) is 9.88 Å². The number of hydrogen-bond acceptors (Lipinski definition) is 4. The predicted molar refractivity (Wildman–Crippen MR) is 110 cm³/mol. The summed E-state index contributed by atoms with van der Waals surface area (Å²) in [5.41, 5.74) is 1.14. The Morgan fingerprint density at radius 2 is 1.76 bits per heavy atom. The number of carbonyl (C=O) groups is 3. The number of fused-ring (bicyclic) bond motifs is 1. The van der Waals surface area contributed by atoms with Gasteiger partial charge in [0.25, 0.3) is 0 Å². The maximum absolute atomic E-state index is 12.8. The fourth-order valence-corrected chi connectivity index (χ4v) is 2.97. The zero-order chi connectivity index (χ0) is 21.9. The monoisotopic (exact) mass is 400 g/mol. The summed E-state index contributed by atoms with van der Waals surface area (Å²) < 4.78 is 7.44. The summed E-state index contributed by atoms with van der Waals surface area (Å²) in [6, 6.07) is 6.82. The molecule has 1 heterocycles. The van der Waals surface area contributed by atoms with Crippen LogP contribution in [0.2, 0.25) is 0 Å². The molecule has 0 fully saturated rings. The number of amides is 1. The van der Waals surface area contributed by atoms with E-state index in [1.807, 2.05) is 42.1 Å². The summed E-state index contributed by atoms with van der Waals surface area (Å²) in [5.74, 6) is -2.36. The predicted octanol–water partition coefficient (Wildman–Crippen LogP) is 2.97. The minimum absolute atomic E-state index is 0.0454. The number of aromatic nitrogens is 1. The Hall–Kier alpha value is -3.09. The van der Waals surface area contributed by atoms with Crippen molar-refractivity contribution in [2.24, 2.45) is 7.05 Å². The Kier molecular flexibility index (Phi) is 6.51. The lowest BCUT2D eigenvalue weighted by Gasteiger charge is -2.25. The highest BCUT2D eigenvalue weighted by Gasteiger charge is 2.29. The molecule has 0 aliphatic heterocycles. The number of nitrogens with one attached hydrogen (secondary N) is 1. The highest BCUT2D eigenvalue weighted by Crippen LogP contribution is 2.22. The van der Waals surface area contributed by atoms with Crippen LogP contribution in [0.4, 0.5) is 0 Å². The molecule has 1 atom stereocenters. The summed E-state index contributed by atoms with van der Waals surface area (Å²) in [4.78, 5) is 36.5. The molecule has 7 heteroatoms. The van der Waals surface area contributed by atoms with Gasteiger partial charge >= 0.3 is 11.9 Å². The second kappa shape index (κ2) is 8.51. The van der Waals surface area contributed by atoms with Crippen molar-refractivity contribution in [3.8, 4) is 0 Å². The number of hydrogen-bond donors (Lipinski definition) is 2. The number of aryl methyl sites for hydroxylation is 1. The molecule has 29 heavy (non-hydrogen) atoms. The number of benzene rings is 1. The first kappa shape index (κ1) is 22.2. The van der Waals surface area contributed by atoms with Crippen molar-refractivity contribution in [3.63, 3.8) is 0 Å². The molecule has 2 aromatic rings. The first-order valence-corrected chi connectivity index (χ1v) is 9.38. The van der Waals surface area contributed by atoms with Crippen LogP contribution in [-0.4, -0.2) is 39.2 Å². The largest absolute Gasteiger partial charge is 0.478 e. The number of aliphatic carboxylic acids is 1. The van der Waals surface area contributed by atoms with Gasteiger partial charge in [-0.2, -0.15) is 0 Å². The summed E-state index contributed by atoms with van der Waals surface area (Å²) in [5, 5.41) is 12.8. The minimum Gasteiger partial charge on any atom is -0.478 e. The number of nitrogens with zero attached hydrogens (tertiary/aromatic N) is 1. The van der Waals surface area contributed by atoms with Gasteiger partial charge in [0.1, 0.15) is 11.6 Å². The molecule has 156 valence electrons. The zero-order valence-corrected chi connectivity index (χ0v) is 17.7. The van der Waals surface area contributed by atoms with Crippen LogP contribution in [0.1, 0.15) is 40.2 Å². The Labute approximate surface area is 170 Å². The maximum Gasteiger partial charge on any atom is 0.331 e. The molecule has 2 N–H and O–H groups in total. The van der Waals surface area contributed by atoms with Gasteiger partial charge in [0.05, 0.1) is 0 Å². The molecular weight excluding hydrogens is 372 g/mol. The van der Waals surface area contributed by atoms with E-state index in [9.17, 15) is 14.4 Å². The summed E-state index contributed by atoms with van der Waals surface area (Å²) in [6.07, 6.45) is 2.14. The summed E-state index contributed by atoms with van der Waals surface area (Å²) in [7, 11) is 1.91. The van der Waals surface area contributed by atoms with Gasteiger partial charge in [-0.1, -0.05) is 18.2 Å². The Morgan fingerprint density at radius 3 is 2.34 bits per heavy atom. The number of para-hydroxylation sites is 1. The highest BCUT2D eigenvalue weighted by molar-refractivity contribution is 6.02. The molecule has 0 saturated heterocycles. The van der Waals surface area contributed by atoms with Crippen molar-refractivity contribution in [2.45, 2.75) is 52.7 Å². The number of carboxylic acid groups (broad SMARTS) is 1. The maximum atomic E-state index is 12.8. The van der Waals surface area contributed by atoms with Gasteiger partial charge in [-0.05, 0) is 46.2 Å². The summed E-state index contributed by atoms with van der Waals surface area (Å²) >= 11 is 0. The van der Waals surface area contributed by atoms with Crippen molar-refractivity contribution >= 4 is 28.7 Å². The fourth-order valence-electron chi connectivity index (χ4n) is 2.97. The van der Waals surface area contributed by atoms with E-state index < -0.39 is 29.5 Å². The molecule has 2 rings (SSSR count). The molecule has 0 spiro atoms. The molecule has 1 amide bonds. The number of carbonyl (C=O) groups excluding carboxylic acids is 2. The molecule has 0 unspecified atom stereocenters. The molecular formula is C22H28N2O5. The molecule has 1 aromatic heterocycles. The van der Waals surface area contributed by atoms with Gasteiger partial charge in [0.15, 0.2) is 0 Å². The number of ether oxygens (including phenoxy) is 1. The third kappa shape index (κ3) is 5.47. The average molecular weight is 400 g/mol. The van der Waals surface area contributed by atoms with Gasteiger partial charge in [-0.15, -0.1) is 0 Å². The zero-order valence-electron chi connectivity index (χ0n) is 17.7. The van der Waals surface area contributed by atoms with Crippen molar-refractivity contribution in [2.75, 3.05) is 0 Å². The molecule has 0 bridgehead atoms. The van der Waals surface area contributed by atoms with E-state index in [0.29, 0.717) is 0 Å². The summed E-state index contributed by atoms with van der Waals surface area (Å²) in [6.45, 7) is 8.03. The van der Waals surface area contributed by atoms with Gasteiger partial charge in [-0.3, -0.25) is 4.79 Å². The molecule has 0 radical (unpaired) electrons. The van der Waals surface area contributed by atoms with E-state index in [1.54, 1.807) is 20.8 Å². The van der Waals surface area contributed by atoms with E-state index in [-0.39, 0.29) is 17.6 Å². The third-order valence-corrected chi connectivity index (χ3v) is 4.62. The second-order valence-corrected chi connectivity index (χ2v) is 8.10. The van der Waals surface area contributed by atoms with Crippen LogP contribution in [-0.2, 0) is 32.6 Å². The van der Waals surface area contributed by atoms with Gasteiger partial charge in [0, 0.05) is 41.7 Å². The van der Waals surface area contributed by atoms with Crippen molar-refractivity contribution < 1.29 is 24.2 Å². The Balaban J connectivity index is 2.37. The van der Waals surface area contributed by atoms with E-state index in [4.69, 9.17) is 9.84 Å². The van der Waals surface area contributed by atoms with Crippen LogP contribution in [0, 0.1) is 0 Å². The quantitative estimate of drug-likeness (QED) is 0.574. The van der Waals surface area contributed by atoms with Gasteiger partial charge < -0.3 is 19.7 Å². The van der Waals surface area contributed by atoms with Crippen molar-refractivity contribution in [1.29, 1.82) is 0 Å². The smallest absolute Gasteiger partial charge is 0.331 e. The van der Waals surface area contributed by atoms with Crippen LogP contribution in [0.3, 0.4) is 0 Å². The van der Waals surface area contributed by atoms with Crippen LogP contribution in [0.5, 0.6) is 0 Å². The number of carboxylic acids is 1. The van der Waals surface area contributed by atoms with Crippen LogP contribution >= 0.6 is 0 Å².